The van der Waals surface area contributed by atoms with E-state index in [0.29, 0.717) is 12.4 Å². The third kappa shape index (κ3) is 6.94. The zero-order valence-corrected chi connectivity index (χ0v) is 8.66. The summed E-state index contributed by atoms with van der Waals surface area (Å²) in [4.78, 5) is 2.09. The summed E-state index contributed by atoms with van der Waals surface area (Å²) >= 11 is 7.26. The monoisotopic (exact) mass is 197 g/mol. The lowest BCUT2D eigenvalue weighted by Crippen LogP contribution is -2.31. The Morgan fingerprint density at radius 3 is 2.73 bits per heavy atom. The van der Waals surface area contributed by atoms with Crippen molar-refractivity contribution in [2.45, 2.75) is 6.10 Å². The third-order valence-electron chi connectivity index (χ3n) is 1.38. The maximum atomic E-state index is 9.15. The second-order valence-electron chi connectivity index (χ2n) is 2.56. The van der Waals surface area contributed by atoms with Gasteiger partial charge in [-0.3, -0.25) is 0 Å². The van der Waals surface area contributed by atoms with Gasteiger partial charge in [-0.25, -0.2) is 0 Å². The molecule has 0 aromatic heterocycles. The van der Waals surface area contributed by atoms with Gasteiger partial charge in [0.15, 0.2) is 0 Å². The van der Waals surface area contributed by atoms with Gasteiger partial charge in [-0.05, 0) is 13.3 Å². The van der Waals surface area contributed by atoms with Crippen molar-refractivity contribution in [3.63, 3.8) is 0 Å². The highest BCUT2D eigenvalue weighted by Gasteiger charge is 2.05. The van der Waals surface area contributed by atoms with Crippen LogP contribution in [0.15, 0.2) is 0 Å². The Bertz CT molecular complexity index is 94.5. The fourth-order valence-electron chi connectivity index (χ4n) is 0.747. The average Bonchev–Trinajstić information content (AvgIpc) is 2.00. The van der Waals surface area contributed by atoms with E-state index in [9.17, 15) is 0 Å². The predicted octanol–water partition coefficient (Wildman–Crippen LogP) is 0.881. The summed E-state index contributed by atoms with van der Waals surface area (Å²) in [5.41, 5.74) is 0. The average molecular weight is 198 g/mol. The van der Waals surface area contributed by atoms with Crippen LogP contribution in [0.3, 0.4) is 0 Å². The van der Waals surface area contributed by atoms with Crippen LogP contribution in [0, 0.1) is 0 Å². The Hall–Kier alpha value is 0.560. The Morgan fingerprint density at radius 2 is 2.27 bits per heavy atom. The molecule has 2 nitrogen and oxygen atoms in total. The lowest BCUT2D eigenvalue weighted by molar-refractivity contribution is 0.148. The lowest BCUT2D eigenvalue weighted by atomic mass is 10.4. The maximum Gasteiger partial charge on any atom is 0.0802 e. The molecular formula is C7H16ClNOS. The van der Waals surface area contributed by atoms with Crippen LogP contribution in [0.25, 0.3) is 0 Å². The first-order valence-electron chi connectivity index (χ1n) is 3.62. The van der Waals surface area contributed by atoms with Crippen molar-refractivity contribution in [2.75, 3.05) is 38.0 Å². The van der Waals surface area contributed by atoms with Crippen molar-refractivity contribution >= 4 is 23.4 Å². The number of alkyl halides is 1. The minimum atomic E-state index is -0.386. The molecule has 4 heteroatoms. The summed E-state index contributed by atoms with van der Waals surface area (Å²) in [7, 11) is 1.99. The number of likely N-dealkylation sites (N-methyl/N-ethyl adjacent to an activating group) is 1. The zero-order chi connectivity index (χ0) is 8.69. The fraction of sp³-hybridized carbons (Fsp3) is 1.00. The van der Waals surface area contributed by atoms with E-state index >= 15 is 0 Å². The van der Waals surface area contributed by atoms with E-state index in [4.69, 9.17) is 16.7 Å². The van der Waals surface area contributed by atoms with Crippen LogP contribution in [-0.2, 0) is 0 Å². The number of hydrogen-bond donors (Lipinski definition) is 1. The van der Waals surface area contributed by atoms with Gasteiger partial charge in [0, 0.05) is 24.7 Å². The standard InChI is InChI=1S/C7H16ClNOS/c1-9(3-4-11-2)6-7(10)5-8/h7,10H,3-6H2,1-2H3. The lowest BCUT2D eigenvalue weighted by Gasteiger charge is -2.18. The van der Waals surface area contributed by atoms with Crippen molar-refractivity contribution < 1.29 is 5.11 Å². The van der Waals surface area contributed by atoms with E-state index in [0.717, 1.165) is 12.3 Å². The van der Waals surface area contributed by atoms with E-state index in [1.54, 1.807) is 0 Å². The SMILES string of the molecule is CSCCN(C)CC(O)CCl. The molecule has 0 aliphatic heterocycles. The molecule has 0 amide bonds. The molecule has 1 atom stereocenters. The molecule has 0 aliphatic rings. The quantitative estimate of drug-likeness (QED) is 0.640. The van der Waals surface area contributed by atoms with Crippen LogP contribution < -0.4 is 0 Å². The Labute approximate surface area is 77.9 Å². The van der Waals surface area contributed by atoms with Gasteiger partial charge >= 0.3 is 0 Å². The smallest absolute Gasteiger partial charge is 0.0802 e. The molecule has 0 bridgehead atoms. The Kier molecular flexibility index (Phi) is 7.59. The van der Waals surface area contributed by atoms with Crippen LogP contribution in [-0.4, -0.2) is 54.1 Å². The van der Waals surface area contributed by atoms with E-state index in [1.807, 2.05) is 18.8 Å². The topological polar surface area (TPSA) is 23.5 Å². The second-order valence-corrected chi connectivity index (χ2v) is 3.86. The summed E-state index contributed by atoms with van der Waals surface area (Å²) in [6.45, 7) is 1.68. The molecule has 11 heavy (non-hydrogen) atoms. The molecule has 0 aromatic rings. The number of halogens is 1. The van der Waals surface area contributed by atoms with Gasteiger partial charge in [0.1, 0.15) is 0 Å². The highest BCUT2D eigenvalue weighted by Crippen LogP contribution is 1.95. The number of hydrogen-bond acceptors (Lipinski definition) is 3. The van der Waals surface area contributed by atoms with Crippen LogP contribution in [0.5, 0.6) is 0 Å². The first-order chi connectivity index (χ1) is 5.20. The molecule has 0 aromatic carbocycles. The minimum Gasteiger partial charge on any atom is -0.391 e. The Balaban J connectivity index is 3.27. The number of nitrogens with zero attached hydrogens (tertiary/aromatic N) is 1. The predicted molar refractivity (Wildman–Crippen MR) is 52.6 cm³/mol. The molecule has 0 rings (SSSR count). The zero-order valence-electron chi connectivity index (χ0n) is 7.09. The number of aliphatic hydroxyl groups is 1. The molecule has 0 spiro atoms. The summed E-state index contributed by atoms with van der Waals surface area (Å²) < 4.78 is 0. The minimum absolute atomic E-state index is 0.323. The van der Waals surface area contributed by atoms with Gasteiger partial charge in [0.05, 0.1) is 6.10 Å². The first kappa shape index (κ1) is 11.6. The molecule has 68 valence electrons. The number of aliphatic hydroxyl groups excluding tert-OH is 1. The molecular weight excluding hydrogens is 182 g/mol. The summed E-state index contributed by atoms with van der Waals surface area (Å²) in [5, 5.41) is 9.15. The molecule has 0 aliphatic carbocycles. The van der Waals surface area contributed by atoms with Gasteiger partial charge in [0.2, 0.25) is 0 Å². The van der Waals surface area contributed by atoms with E-state index in [1.165, 1.54) is 0 Å². The third-order valence-corrected chi connectivity index (χ3v) is 2.32. The maximum absolute atomic E-state index is 9.15. The second kappa shape index (κ2) is 7.22. The van der Waals surface area contributed by atoms with Gasteiger partial charge in [0.25, 0.3) is 0 Å². The molecule has 0 radical (unpaired) electrons. The molecule has 1 unspecified atom stereocenters. The van der Waals surface area contributed by atoms with Gasteiger partial charge in [-0.15, -0.1) is 11.6 Å². The summed E-state index contributed by atoms with van der Waals surface area (Å²) in [6.07, 6.45) is 1.69. The van der Waals surface area contributed by atoms with Crippen LogP contribution in [0.4, 0.5) is 0 Å². The van der Waals surface area contributed by atoms with Crippen molar-refractivity contribution in [3.05, 3.63) is 0 Å². The summed E-state index contributed by atoms with van der Waals surface area (Å²) in [6, 6.07) is 0. The molecule has 1 N–H and O–H groups in total. The van der Waals surface area contributed by atoms with Crippen molar-refractivity contribution in [1.29, 1.82) is 0 Å². The van der Waals surface area contributed by atoms with Crippen LogP contribution in [0.2, 0.25) is 0 Å². The number of thioether (sulfide) groups is 1. The van der Waals surface area contributed by atoms with Crippen molar-refractivity contribution in [1.82, 2.24) is 4.90 Å². The molecule has 0 fully saturated rings. The van der Waals surface area contributed by atoms with E-state index < -0.39 is 0 Å². The van der Waals surface area contributed by atoms with Crippen molar-refractivity contribution in [2.24, 2.45) is 0 Å². The summed E-state index contributed by atoms with van der Waals surface area (Å²) in [5.74, 6) is 1.43. The van der Waals surface area contributed by atoms with E-state index in [2.05, 4.69) is 11.2 Å². The highest BCUT2D eigenvalue weighted by atomic mass is 35.5. The van der Waals surface area contributed by atoms with Gasteiger partial charge < -0.3 is 10.0 Å². The normalized spacial score (nSPS) is 13.9. The van der Waals surface area contributed by atoms with Gasteiger partial charge in [-0.1, -0.05) is 0 Å². The van der Waals surface area contributed by atoms with Crippen LogP contribution >= 0.6 is 23.4 Å². The number of rotatable bonds is 6. The van der Waals surface area contributed by atoms with Crippen molar-refractivity contribution in [3.8, 4) is 0 Å². The Morgan fingerprint density at radius 1 is 1.64 bits per heavy atom. The fourth-order valence-corrected chi connectivity index (χ4v) is 1.34. The molecule has 0 saturated heterocycles. The molecule has 0 heterocycles. The van der Waals surface area contributed by atoms with E-state index in [-0.39, 0.29) is 6.10 Å². The van der Waals surface area contributed by atoms with Crippen LogP contribution in [0.1, 0.15) is 0 Å². The van der Waals surface area contributed by atoms with Gasteiger partial charge in [-0.2, -0.15) is 11.8 Å². The largest absolute Gasteiger partial charge is 0.391 e. The highest BCUT2D eigenvalue weighted by molar-refractivity contribution is 7.98. The first-order valence-corrected chi connectivity index (χ1v) is 5.55. The molecule has 0 saturated carbocycles.